The molecule has 5 nitrogen and oxygen atoms in total. The van der Waals surface area contributed by atoms with Gasteiger partial charge >= 0.3 is 22.3 Å². The number of hydrogen-bond acceptors (Lipinski definition) is 5. The highest BCUT2D eigenvalue weighted by Gasteiger charge is 2.34. The van der Waals surface area contributed by atoms with Gasteiger partial charge in [0.05, 0.1) is 19.1 Å². The molecule has 2 rings (SSSR count). The summed E-state index contributed by atoms with van der Waals surface area (Å²) in [7, 11) is -3.21. The van der Waals surface area contributed by atoms with Crippen LogP contribution in [0, 0.1) is 6.92 Å². The van der Waals surface area contributed by atoms with Crippen LogP contribution in [0.4, 0.5) is 13.2 Å². The van der Waals surface area contributed by atoms with Crippen LogP contribution in [0.2, 0.25) is 0 Å². The number of halogens is 3. The highest BCUT2D eigenvalue weighted by molar-refractivity contribution is 7.87. The van der Waals surface area contributed by atoms with E-state index in [4.69, 9.17) is 4.18 Å². The van der Waals surface area contributed by atoms with E-state index in [2.05, 4.69) is 4.74 Å². The van der Waals surface area contributed by atoms with Crippen LogP contribution in [0.25, 0.3) is 0 Å². The maximum absolute atomic E-state index is 12.9. The SMILES string of the molecule is COC(=O)Cc1ccc(OS(=O)(=O)c2ccc(C)c(C(F)(F)F)c2)cc1. The lowest BCUT2D eigenvalue weighted by Crippen LogP contribution is -2.13. The zero-order valence-corrected chi connectivity index (χ0v) is 14.6. The zero-order valence-electron chi connectivity index (χ0n) is 13.8. The summed E-state index contributed by atoms with van der Waals surface area (Å²) >= 11 is 0. The van der Waals surface area contributed by atoms with Crippen LogP contribution in [0.1, 0.15) is 16.7 Å². The molecule has 0 saturated heterocycles. The van der Waals surface area contributed by atoms with Crippen molar-refractivity contribution >= 4 is 16.1 Å². The van der Waals surface area contributed by atoms with Gasteiger partial charge in [-0.3, -0.25) is 4.79 Å². The predicted molar refractivity (Wildman–Crippen MR) is 86.2 cm³/mol. The van der Waals surface area contributed by atoms with Crippen molar-refractivity contribution in [1.29, 1.82) is 0 Å². The second kappa shape index (κ2) is 7.36. The summed E-state index contributed by atoms with van der Waals surface area (Å²) in [6, 6.07) is 8.17. The molecule has 2 aromatic carbocycles. The van der Waals surface area contributed by atoms with Crippen LogP contribution >= 0.6 is 0 Å². The van der Waals surface area contributed by atoms with Gasteiger partial charge in [0.2, 0.25) is 0 Å². The Balaban J connectivity index is 2.25. The van der Waals surface area contributed by atoms with Crippen LogP contribution in [-0.2, 0) is 32.2 Å². The van der Waals surface area contributed by atoms with Crippen molar-refractivity contribution in [2.75, 3.05) is 7.11 Å². The summed E-state index contributed by atoms with van der Waals surface area (Å²) in [6.45, 7) is 1.24. The molecular formula is C17H15F3O5S. The molecule has 0 aromatic heterocycles. The van der Waals surface area contributed by atoms with Crippen molar-refractivity contribution in [2.45, 2.75) is 24.4 Å². The monoisotopic (exact) mass is 388 g/mol. The maximum atomic E-state index is 12.9. The Kier molecular flexibility index (Phi) is 5.60. The van der Waals surface area contributed by atoms with Gasteiger partial charge in [-0.15, -0.1) is 0 Å². The number of esters is 1. The molecule has 0 N–H and O–H groups in total. The van der Waals surface area contributed by atoms with E-state index in [1.165, 1.54) is 38.3 Å². The van der Waals surface area contributed by atoms with Crippen molar-refractivity contribution < 1.29 is 35.3 Å². The number of rotatable bonds is 5. The first-order valence-electron chi connectivity index (χ1n) is 7.31. The molecule has 0 atom stereocenters. The number of hydrogen-bond donors (Lipinski definition) is 0. The Labute approximate surface area is 148 Å². The van der Waals surface area contributed by atoms with Crippen molar-refractivity contribution in [3.8, 4) is 5.75 Å². The minimum atomic E-state index is -4.68. The quantitative estimate of drug-likeness (QED) is 0.579. The van der Waals surface area contributed by atoms with Crippen molar-refractivity contribution in [3.63, 3.8) is 0 Å². The van der Waals surface area contributed by atoms with Gasteiger partial charge in [0.15, 0.2) is 0 Å². The lowest BCUT2D eigenvalue weighted by molar-refractivity contribution is -0.140. The van der Waals surface area contributed by atoms with Crippen LogP contribution < -0.4 is 4.18 Å². The van der Waals surface area contributed by atoms with Crippen LogP contribution in [0.15, 0.2) is 47.4 Å². The van der Waals surface area contributed by atoms with Gasteiger partial charge in [-0.05, 0) is 42.3 Å². The molecule has 0 aliphatic heterocycles. The van der Waals surface area contributed by atoms with Gasteiger partial charge in [-0.1, -0.05) is 18.2 Å². The first-order valence-corrected chi connectivity index (χ1v) is 8.72. The van der Waals surface area contributed by atoms with E-state index in [1.807, 2.05) is 0 Å². The van der Waals surface area contributed by atoms with E-state index in [-0.39, 0.29) is 17.7 Å². The summed E-state index contributed by atoms with van der Waals surface area (Å²) in [5, 5.41) is 0. The fourth-order valence-corrected chi connectivity index (χ4v) is 3.10. The van der Waals surface area contributed by atoms with Crippen LogP contribution in [-0.4, -0.2) is 21.5 Å². The van der Waals surface area contributed by atoms with Gasteiger partial charge in [0, 0.05) is 0 Å². The summed E-state index contributed by atoms with van der Waals surface area (Å²) in [4.78, 5) is 10.6. The molecular weight excluding hydrogens is 373 g/mol. The van der Waals surface area contributed by atoms with Gasteiger partial charge in [0.25, 0.3) is 0 Å². The average molecular weight is 388 g/mol. The molecule has 0 fully saturated rings. The number of methoxy groups -OCH3 is 1. The fourth-order valence-electron chi connectivity index (χ4n) is 2.14. The average Bonchev–Trinajstić information content (AvgIpc) is 2.55. The third-order valence-electron chi connectivity index (χ3n) is 3.51. The van der Waals surface area contributed by atoms with Gasteiger partial charge in [-0.25, -0.2) is 0 Å². The lowest BCUT2D eigenvalue weighted by atomic mass is 10.1. The number of carbonyl (C=O) groups is 1. The third kappa shape index (κ3) is 4.75. The molecule has 0 unspecified atom stereocenters. The zero-order chi connectivity index (χ0) is 19.5. The van der Waals surface area contributed by atoms with Gasteiger partial charge in [0.1, 0.15) is 10.6 Å². The Morgan fingerprint density at radius 2 is 1.69 bits per heavy atom. The van der Waals surface area contributed by atoms with E-state index in [9.17, 15) is 26.4 Å². The highest BCUT2D eigenvalue weighted by atomic mass is 32.2. The molecule has 0 heterocycles. The van der Waals surface area contributed by atoms with Gasteiger partial charge in [-0.2, -0.15) is 21.6 Å². The summed E-state index contributed by atoms with van der Waals surface area (Å²) in [5.74, 6) is -0.557. The van der Waals surface area contributed by atoms with E-state index >= 15 is 0 Å². The van der Waals surface area contributed by atoms with E-state index in [1.54, 1.807) is 0 Å². The van der Waals surface area contributed by atoms with E-state index in [0.717, 1.165) is 12.1 Å². The van der Waals surface area contributed by atoms with E-state index < -0.39 is 32.7 Å². The minimum absolute atomic E-state index is 0.00354. The highest BCUT2D eigenvalue weighted by Crippen LogP contribution is 2.33. The molecule has 0 spiro atoms. The number of alkyl halides is 3. The molecule has 140 valence electrons. The molecule has 0 aliphatic carbocycles. The normalized spacial score (nSPS) is 11.9. The summed E-state index contributed by atoms with van der Waals surface area (Å²) in [6.07, 6.45) is -4.68. The minimum Gasteiger partial charge on any atom is -0.469 e. The Bertz CT molecular complexity index is 903. The Morgan fingerprint density at radius 3 is 2.23 bits per heavy atom. The van der Waals surface area contributed by atoms with Crippen LogP contribution in [0.5, 0.6) is 5.75 Å². The molecule has 9 heteroatoms. The Morgan fingerprint density at radius 1 is 1.08 bits per heavy atom. The molecule has 2 aromatic rings. The molecule has 0 saturated carbocycles. The number of aryl methyl sites for hydroxylation is 1. The summed E-state index contributed by atoms with van der Waals surface area (Å²) < 4.78 is 72.7. The van der Waals surface area contributed by atoms with Crippen molar-refractivity contribution in [3.05, 3.63) is 59.2 Å². The standard InChI is InChI=1S/C17H15F3O5S/c1-11-3-8-14(10-15(11)17(18,19)20)26(22,23)25-13-6-4-12(5-7-13)9-16(21)24-2/h3-8,10H,9H2,1-2H3. The molecule has 0 aliphatic rings. The first-order chi connectivity index (χ1) is 12.0. The topological polar surface area (TPSA) is 69.7 Å². The molecule has 0 bridgehead atoms. The second-order valence-electron chi connectivity index (χ2n) is 5.41. The lowest BCUT2D eigenvalue weighted by Gasteiger charge is -2.13. The molecule has 26 heavy (non-hydrogen) atoms. The Hall–Kier alpha value is -2.55. The number of benzene rings is 2. The van der Waals surface area contributed by atoms with Crippen LogP contribution in [0.3, 0.4) is 0 Å². The third-order valence-corrected chi connectivity index (χ3v) is 4.75. The van der Waals surface area contributed by atoms with Gasteiger partial charge < -0.3 is 8.92 Å². The summed E-state index contributed by atoms with van der Waals surface area (Å²) in [5.41, 5.74) is -0.574. The largest absolute Gasteiger partial charge is 0.469 e. The second-order valence-corrected chi connectivity index (χ2v) is 6.96. The fraction of sp³-hybridized carbons (Fsp3) is 0.235. The maximum Gasteiger partial charge on any atom is 0.416 e. The first kappa shape index (κ1) is 19.8. The van der Waals surface area contributed by atoms with E-state index in [0.29, 0.717) is 11.6 Å². The smallest absolute Gasteiger partial charge is 0.416 e. The molecule has 0 amide bonds. The van der Waals surface area contributed by atoms with Crippen molar-refractivity contribution in [2.24, 2.45) is 0 Å². The molecule has 0 radical (unpaired) electrons. The van der Waals surface area contributed by atoms with Crippen molar-refractivity contribution in [1.82, 2.24) is 0 Å². The number of ether oxygens (including phenoxy) is 1. The predicted octanol–water partition coefficient (Wildman–Crippen LogP) is 3.50. The number of carbonyl (C=O) groups excluding carboxylic acids is 1.